The van der Waals surface area contributed by atoms with Gasteiger partial charge in [0.1, 0.15) is 0 Å². The molecule has 2 aliphatic rings. The van der Waals surface area contributed by atoms with Crippen molar-refractivity contribution in [3.63, 3.8) is 0 Å². The maximum Gasteiger partial charge on any atom is 0.167 e. The summed E-state index contributed by atoms with van der Waals surface area (Å²) in [4.78, 5) is 0. The van der Waals surface area contributed by atoms with Gasteiger partial charge in [0.25, 0.3) is 0 Å². The number of rotatable bonds is 19. The lowest BCUT2D eigenvalue weighted by atomic mass is 9.70. The van der Waals surface area contributed by atoms with E-state index in [1.807, 2.05) is 0 Å². The topological polar surface area (TPSA) is 0 Å². The molecular formula is C47H62F4. The monoisotopic (exact) mass is 702 g/mol. The van der Waals surface area contributed by atoms with Gasteiger partial charge in [0.05, 0.1) is 0 Å². The van der Waals surface area contributed by atoms with Gasteiger partial charge in [-0.05, 0) is 85.0 Å². The molecule has 1 atom stereocenters. The predicted molar refractivity (Wildman–Crippen MR) is 208 cm³/mol. The van der Waals surface area contributed by atoms with Gasteiger partial charge in [-0.25, -0.2) is 17.6 Å². The van der Waals surface area contributed by atoms with E-state index >= 15 is 17.6 Å². The van der Waals surface area contributed by atoms with Gasteiger partial charge >= 0.3 is 0 Å². The first-order valence-corrected chi connectivity index (χ1v) is 20.7. The fourth-order valence-electron chi connectivity index (χ4n) is 8.82. The molecule has 0 radical (unpaired) electrons. The standard InChI is InChI=1S/C47H62F4/c1-3-5-7-9-10-11-13-15-17-40-30-31-41(45(49)44(40)48)38-26-28-39(29-27-38)43-33-32-42(46(50)47(43)51)37-24-22-36(23-25-37)35-20-18-34(19-21-35)16-14-12-8-6-4-2/h24,26-36H,3-23,25H2,1-2H3. The van der Waals surface area contributed by atoms with E-state index in [0.29, 0.717) is 34.6 Å². The normalized spacial score (nSPS) is 19.3. The van der Waals surface area contributed by atoms with Crippen molar-refractivity contribution >= 4 is 5.57 Å². The quantitative estimate of drug-likeness (QED) is 0.0862. The van der Waals surface area contributed by atoms with E-state index < -0.39 is 23.3 Å². The Morgan fingerprint density at radius 3 is 1.59 bits per heavy atom. The molecule has 0 heterocycles. The van der Waals surface area contributed by atoms with Crippen LogP contribution in [-0.2, 0) is 6.42 Å². The van der Waals surface area contributed by atoms with Crippen LogP contribution in [0.25, 0.3) is 27.8 Å². The fraction of sp³-hybridized carbons (Fsp3) is 0.574. The minimum absolute atomic E-state index is 0.173. The Hall–Kier alpha value is -2.88. The van der Waals surface area contributed by atoms with Crippen LogP contribution < -0.4 is 0 Å². The molecule has 1 fully saturated rings. The average Bonchev–Trinajstić information content (AvgIpc) is 3.16. The van der Waals surface area contributed by atoms with Gasteiger partial charge in [0.2, 0.25) is 0 Å². The zero-order valence-electron chi connectivity index (χ0n) is 31.5. The molecule has 51 heavy (non-hydrogen) atoms. The van der Waals surface area contributed by atoms with Gasteiger partial charge in [-0.1, -0.05) is 165 Å². The first-order valence-electron chi connectivity index (χ1n) is 20.7. The van der Waals surface area contributed by atoms with Crippen molar-refractivity contribution in [1.29, 1.82) is 0 Å². The maximum absolute atomic E-state index is 15.6. The number of hydrogen-bond donors (Lipinski definition) is 0. The molecule has 0 aliphatic heterocycles. The summed E-state index contributed by atoms with van der Waals surface area (Å²) in [6.45, 7) is 4.48. The van der Waals surface area contributed by atoms with Crippen LogP contribution in [0.15, 0.2) is 54.6 Å². The Morgan fingerprint density at radius 2 is 1.00 bits per heavy atom. The molecule has 3 aromatic rings. The van der Waals surface area contributed by atoms with Gasteiger partial charge in [0, 0.05) is 16.7 Å². The summed E-state index contributed by atoms with van der Waals surface area (Å²) in [5.74, 6) is -1.01. The number of allylic oxidation sites excluding steroid dienone is 2. The number of benzene rings is 3. The molecule has 2 aliphatic carbocycles. The molecule has 0 N–H and O–H groups in total. The first kappa shape index (κ1) is 39.3. The molecule has 1 unspecified atom stereocenters. The van der Waals surface area contributed by atoms with Gasteiger partial charge in [0.15, 0.2) is 23.3 Å². The van der Waals surface area contributed by atoms with E-state index in [0.717, 1.165) is 55.9 Å². The number of unbranched alkanes of at least 4 members (excludes halogenated alkanes) is 11. The summed E-state index contributed by atoms with van der Waals surface area (Å²) in [5, 5.41) is 0. The van der Waals surface area contributed by atoms with Crippen LogP contribution in [0.1, 0.15) is 160 Å². The second-order valence-electron chi connectivity index (χ2n) is 15.7. The van der Waals surface area contributed by atoms with E-state index in [4.69, 9.17) is 0 Å². The van der Waals surface area contributed by atoms with Crippen LogP contribution in [-0.4, -0.2) is 0 Å². The Bertz CT molecular complexity index is 1530. The largest absolute Gasteiger partial charge is 0.203 e. The molecule has 0 amide bonds. The van der Waals surface area contributed by atoms with Crippen molar-refractivity contribution in [2.24, 2.45) is 17.8 Å². The molecule has 1 saturated carbocycles. The highest BCUT2D eigenvalue weighted by Gasteiger charge is 2.29. The van der Waals surface area contributed by atoms with E-state index in [2.05, 4.69) is 19.9 Å². The van der Waals surface area contributed by atoms with E-state index in [1.54, 1.807) is 48.5 Å². The van der Waals surface area contributed by atoms with Gasteiger partial charge in [-0.3, -0.25) is 0 Å². The molecule has 4 heteroatoms. The van der Waals surface area contributed by atoms with Crippen LogP contribution in [0.4, 0.5) is 17.6 Å². The highest BCUT2D eigenvalue weighted by molar-refractivity contribution is 5.74. The highest BCUT2D eigenvalue weighted by atomic mass is 19.2. The Balaban J connectivity index is 1.14. The molecule has 0 aromatic heterocycles. The van der Waals surface area contributed by atoms with Crippen molar-refractivity contribution in [2.75, 3.05) is 0 Å². The van der Waals surface area contributed by atoms with E-state index in [9.17, 15) is 0 Å². The van der Waals surface area contributed by atoms with Crippen molar-refractivity contribution in [1.82, 2.24) is 0 Å². The zero-order chi connectivity index (χ0) is 36.0. The second-order valence-corrected chi connectivity index (χ2v) is 15.7. The van der Waals surface area contributed by atoms with Crippen molar-refractivity contribution in [3.05, 3.63) is 89.0 Å². The Labute approximate surface area is 306 Å². The van der Waals surface area contributed by atoms with Crippen LogP contribution in [0.3, 0.4) is 0 Å². The molecule has 5 rings (SSSR count). The van der Waals surface area contributed by atoms with Gasteiger partial charge in [-0.2, -0.15) is 0 Å². The summed E-state index contributed by atoms with van der Waals surface area (Å²) in [5.41, 5.74) is 3.04. The summed E-state index contributed by atoms with van der Waals surface area (Å²) in [7, 11) is 0. The minimum Gasteiger partial charge on any atom is -0.203 e. The smallest absolute Gasteiger partial charge is 0.167 e. The van der Waals surface area contributed by atoms with Crippen LogP contribution in [0, 0.1) is 41.0 Å². The molecule has 0 nitrogen and oxygen atoms in total. The van der Waals surface area contributed by atoms with Crippen LogP contribution >= 0.6 is 0 Å². The molecule has 0 spiro atoms. The third kappa shape index (κ3) is 10.8. The highest BCUT2D eigenvalue weighted by Crippen LogP contribution is 2.43. The van der Waals surface area contributed by atoms with Crippen molar-refractivity contribution in [2.45, 2.75) is 155 Å². The Kier molecular flexibility index (Phi) is 15.7. The molecule has 0 saturated heterocycles. The second kappa shape index (κ2) is 20.4. The fourth-order valence-corrected chi connectivity index (χ4v) is 8.82. The third-order valence-corrected chi connectivity index (χ3v) is 12.1. The molecule has 278 valence electrons. The van der Waals surface area contributed by atoms with Crippen molar-refractivity contribution in [3.8, 4) is 22.3 Å². The van der Waals surface area contributed by atoms with Crippen LogP contribution in [0.5, 0.6) is 0 Å². The molecule has 3 aromatic carbocycles. The summed E-state index contributed by atoms with van der Waals surface area (Å²) < 4.78 is 61.3. The SMILES string of the molecule is CCCCCCCCCCc1ccc(-c2ccc(-c3ccc(C4=CCC(C5CCC(CCCCCCC)CC5)CC4)c(F)c3F)cc2)c(F)c1F. The lowest BCUT2D eigenvalue weighted by molar-refractivity contribution is 0.187. The van der Waals surface area contributed by atoms with Crippen molar-refractivity contribution < 1.29 is 17.6 Å². The minimum atomic E-state index is -0.862. The lowest BCUT2D eigenvalue weighted by Gasteiger charge is -2.35. The lowest BCUT2D eigenvalue weighted by Crippen LogP contribution is -2.23. The first-order chi connectivity index (χ1) is 24.9. The summed E-state index contributed by atoms with van der Waals surface area (Å²) >= 11 is 0. The van der Waals surface area contributed by atoms with Crippen LogP contribution in [0.2, 0.25) is 0 Å². The van der Waals surface area contributed by atoms with Gasteiger partial charge in [-0.15, -0.1) is 0 Å². The van der Waals surface area contributed by atoms with E-state index in [1.165, 1.54) is 96.3 Å². The average molecular weight is 703 g/mol. The molecular weight excluding hydrogens is 641 g/mol. The van der Waals surface area contributed by atoms with Gasteiger partial charge < -0.3 is 0 Å². The summed E-state index contributed by atoms with van der Waals surface area (Å²) in [6.07, 6.45) is 28.2. The number of hydrogen-bond acceptors (Lipinski definition) is 0. The predicted octanol–water partition coefficient (Wildman–Crippen LogP) is 15.6. The third-order valence-electron chi connectivity index (χ3n) is 12.1. The summed E-state index contributed by atoms with van der Waals surface area (Å²) in [6, 6.07) is 13.3. The Morgan fingerprint density at radius 1 is 0.490 bits per heavy atom. The zero-order valence-corrected chi connectivity index (χ0v) is 31.5. The number of halogens is 4. The maximum atomic E-state index is 15.6. The molecule has 0 bridgehead atoms. The van der Waals surface area contributed by atoms with E-state index in [-0.39, 0.29) is 11.1 Å². The number of aryl methyl sites for hydroxylation is 1.